The molecular formula is C22H25ClF3N7O3. The number of nitrogens with one attached hydrogen (secondary N) is 4. The van der Waals surface area contributed by atoms with Crippen LogP contribution < -0.4 is 27.2 Å². The van der Waals surface area contributed by atoms with Gasteiger partial charge < -0.3 is 16.0 Å². The van der Waals surface area contributed by atoms with Crippen molar-refractivity contribution in [3.8, 4) is 0 Å². The Kier molecular flexibility index (Phi) is 9.09. The number of carbonyl (C=O) groups is 3. The van der Waals surface area contributed by atoms with Crippen molar-refractivity contribution in [1.82, 2.24) is 15.2 Å². The Morgan fingerprint density at radius 2 is 1.28 bits per heavy atom. The van der Waals surface area contributed by atoms with Crippen LogP contribution in [0.5, 0.6) is 0 Å². The van der Waals surface area contributed by atoms with Crippen LogP contribution in [0.25, 0.3) is 0 Å². The molecule has 0 aliphatic carbocycles. The Labute approximate surface area is 209 Å². The first-order valence-corrected chi connectivity index (χ1v) is 11.2. The average molecular weight is 528 g/mol. The first-order valence-electron chi connectivity index (χ1n) is 10.8. The van der Waals surface area contributed by atoms with Gasteiger partial charge in [0.05, 0.1) is 23.7 Å². The Bertz CT molecular complexity index is 1090. The topological polar surface area (TPSA) is 132 Å². The van der Waals surface area contributed by atoms with Gasteiger partial charge in [0.15, 0.2) is 0 Å². The van der Waals surface area contributed by atoms with Gasteiger partial charge in [0, 0.05) is 43.2 Å². The molecule has 1 saturated heterocycles. The molecule has 2 aromatic rings. The van der Waals surface area contributed by atoms with Crippen molar-refractivity contribution in [2.45, 2.75) is 6.18 Å². The molecule has 0 spiro atoms. The van der Waals surface area contributed by atoms with Crippen molar-refractivity contribution in [3.05, 3.63) is 53.1 Å². The number of benzene rings is 2. The number of carbonyl (C=O) groups excluding carboxylic acids is 3. The average Bonchev–Trinajstić information content (AvgIpc) is 2.80. The highest BCUT2D eigenvalue weighted by Crippen LogP contribution is 2.35. The van der Waals surface area contributed by atoms with Crippen molar-refractivity contribution < 1.29 is 27.6 Å². The number of rotatable bonds is 7. The lowest BCUT2D eigenvalue weighted by Crippen LogP contribution is -2.51. The number of piperazine rings is 1. The normalized spacial score (nSPS) is 14.7. The van der Waals surface area contributed by atoms with Crippen molar-refractivity contribution in [2.24, 2.45) is 5.84 Å². The minimum absolute atomic E-state index is 0.0952. The zero-order chi connectivity index (χ0) is 26.3. The third-order valence-corrected chi connectivity index (χ3v) is 5.63. The molecule has 10 nitrogen and oxygen atoms in total. The van der Waals surface area contributed by atoms with E-state index in [-0.39, 0.29) is 30.6 Å². The van der Waals surface area contributed by atoms with Gasteiger partial charge in [-0.2, -0.15) is 13.2 Å². The first-order chi connectivity index (χ1) is 17.0. The fourth-order valence-corrected chi connectivity index (χ4v) is 3.80. The van der Waals surface area contributed by atoms with E-state index in [0.29, 0.717) is 37.6 Å². The first kappa shape index (κ1) is 27.2. The van der Waals surface area contributed by atoms with Gasteiger partial charge in [-0.05, 0) is 42.5 Å². The van der Waals surface area contributed by atoms with Crippen LogP contribution in [0.2, 0.25) is 5.02 Å². The predicted octanol–water partition coefficient (Wildman–Crippen LogP) is 2.55. The number of hydrogen-bond acceptors (Lipinski definition) is 6. The molecule has 194 valence electrons. The summed E-state index contributed by atoms with van der Waals surface area (Å²) in [7, 11) is 0. The maximum Gasteiger partial charge on any atom is 0.417 e. The fraction of sp³-hybridized carbons (Fsp3) is 0.318. The number of halogens is 4. The lowest BCUT2D eigenvalue weighted by atomic mass is 10.2. The van der Waals surface area contributed by atoms with E-state index in [2.05, 4.69) is 21.4 Å². The molecule has 1 aliphatic heterocycles. The van der Waals surface area contributed by atoms with Crippen LogP contribution >= 0.6 is 11.6 Å². The summed E-state index contributed by atoms with van der Waals surface area (Å²) >= 11 is 5.66. The summed E-state index contributed by atoms with van der Waals surface area (Å²) in [5.74, 6) is 4.62. The summed E-state index contributed by atoms with van der Waals surface area (Å²) in [5.41, 5.74) is 2.12. The quantitative estimate of drug-likeness (QED) is 0.214. The van der Waals surface area contributed by atoms with Crippen molar-refractivity contribution in [1.29, 1.82) is 0 Å². The lowest BCUT2D eigenvalue weighted by molar-refractivity contribution is -0.137. The molecule has 14 heteroatoms. The zero-order valence-electron chi connectivity index (χ0n) is 19.0. The SMILES string of the molecule is NNC(=O)CN1CCN(CC(=O)Nc2ccc(NC(=O)Nc3ccc(C(F)(F)F)c(Cl)c3)cc2)CC1. The third-order valence-electron chi connectivity index (χ3n) is 5.32. The van der Waals surface area contributed by atoms with Crippen molar-refractivity contribution in [2.75, 3.05) is 55.2 Å². The van der Waals surface area contributed by atoms with Gasteiger partial charge in [-0.15, -0.1) is 0 Å². The molecule has 0 radical (unpaired) electrons. The van der Waals surface area contributed by atoms with E-state index in [9.17, 15) is 27.6 Å². The standard InChI is InChI=1S/C22H25ClF3N7O3/c23-18-11-16(5-6-17(18)22(24,25)26)30-21(36)29-15-3-1-14(2-4-15)28-19(34)12-32-7-9-33(10-8-32)13-20(35)31-27/h1-6,11H,7-10,12-13,27H2,(H,28,34)(H,31,35)(H2,29,30,36). The van der Waals surface area contributed by atoms with Crippen molar-refractivity contribution >= 4 is 46.5 Å². The number of anilines is 3. The summed E-state index contributed by atoms with van der Waals surface area (Å²) < 4.78 is 38.4. The van der Waals surface area contributed by atoms with E-state index >= 15 is 0 Å². The van der Waals surface area contributed by atoms with Crippen LogP contribution in [-0.2, 0) is 15.8 Å². The van der Waals surface area contributed by atoms with E-state index in [1.807, 2.05) is 9.80 Å². The van der Waals surface area contributed by atoms with Crippen LogP contribution in [0, 0.1) is 0 Å². The van der Waals surface area contributed by atoms with Gasteiger partial charge in [-0.25, -0.2) is 10.6 Å². The summed E-state index contributed by atoms with van der Waals surface area (Å²) in [6.45, 7) is 2.95. The monoisotopic (exact) mass is 527 g/mol. The maximum absolute atomic E-state index is 12.8. The molecule has 1 aliphatic rings. The number of hydrazine groups is 1. The summed E-state index contributed by atoms with van der Waals surface area (Å²) in [5, 5.41) is 7.20. The Morgan fingerprint density at radius 3 is 1.78 bits per heavy atom. The highest BCUT2D eigenvalue weighted by molar-refractivity contribution is 6.31. The summed E-state index contributed by atoms with van der Waals surface area (Å²) in [6, 6.07) is 8.56. The summed E-state index contributed by atoms with van der Waals surface area (Å²) in [4.78, 5) is 39.8. The van der Waals surface area contributed by atoms with Crippen LogP contribution in [0.15, 0.2) is 42.5 Å². The molecule has 0 unspecified atom stereocenters. The fourth-order valence-electron chi connectivity index (χ4n) is 3.51. The highest BCUT2D eigenvalue weighted by atomic mass is 35.5. The molecule has 2 aromatic carbocycles. The number of alkyl halides is 3. The van der Waals surface area contributed by atoms with E-state index in [4.69, 9.17) is 17.4 Å². The van der Waals surface area contributed by atoms with Crippen molar-refractivity contribution in [3.63, 3.8) is 0 Å². The Hall–Kier alpha value is -3.39. The Balaban J connectivity index is 1.44. The predicted molar refractivity (Wildman–Crippen MR) is 129 cm³/mol. The number of nitrogens with zero attached hydrogens (tertiary/aromatic N) is 2. The molecule has 0 atom stereocenters. The number of nitrogens with two attached hydrogens (primary N) is 1. The second kappa shape index (κ2) is 12.0. The van der Waals surface area contributed by atoms with Gasteiger partial charge in [-0.3, -0.25) is 24.8 Å². The molecule has 4 amide bonds. The molecule has 3 rings (SSSR count). The molecule has 0 aromatic heterocycles. The van der Waals surface area contributed by atoms with E-state index in [1.54, 1.807) is 24.3 Å². The molecular weight excluding hydrogens is 503 g/mol. The lowest BCUT2D eigenvalue weighted by Gasteiger charge is -2.33. The van der Waals surface area contributed by atoms with Crippen LogP contribution in [0.4, 0.5) is 35.0 Å². The van der Waals surface area contributed by atoms with Gasteiger partial charge in [0.1, 0.15) is 0 Å². The molecule has 0 bridgehead atoms. The summed E-state index contributed by atoms with van der Waals surface area (Å²) in [6.07, 6.45) is -4.59. The molecule has 1 heterocycles. The highest BCUT2D eigenvalue weighted by Gasteiger charge is 2.33. The number of hydrogen-bond donors (Lipinski definition) is 5. The molecule has 0 saturated carbocycles. The zero-order valence-corrected chi connectivity index (χ0v) is 19.7. The third kappa shape index (κ3) is 8.09. The van der Waals surface area contributed by atoms with Gasteiger partial charge in [0.25, 0.3) is 0 Å². The van der Waals surface area contributed by atoms with Gasteiger partial charge in [-0.1, -0.05) is 11.6 Å². The second-order valence-electron chi connectivity index (χ2n) is 8.02. The minimum Gasteiger partial charge on any atom is -0.325 e. The van der Waals surface area contributed by atoms with Crippen LogP contribution in [0.1, 0.15) is 5.56 Å². The largest absolute Gasteiger partial charge is 0.417 e. The minimum atomic E-state index is -4.59. The van der Waals surface area contributed by atoms with E-state index < -0.39 is 22.8 Å². The maximum atomic E-state index is 12.8. The smallest absolute Gasteiger partial charge is 0.325 e. The van der Waals surface area contributed by atoms with Crippen LogP contribution in [-0.4, -0.2) is 66.9 Å². The van der Waals surface area contributed by atoms with E-state index in [1.165, 1.54) is 0 Å². The van der Waals surface area contributed by atoms with Gasteiger partial charge >= 0.3 is 12.2 Å². The van der Waals surface area contributed by atoms with E-state index in [0.717, 1.165) is 18.2 Å². The molecule has 6 N–H and O–H groups in total. The molecule has 36 heavy (non-hydrogen) atoms. The second-order valence-corrected chi connectivity index (χ2v) is 8.42. The Morgan fingerprint density at radius 1 is 0.806 bits per heavy atom. The molecule has 1 fully saturated rings. The number of amides is 4. The van der Waals surface area contributed by atoms with Gasteiger partial charge in [0.2, 0.25) is 11.8 Å². The number of urea groups is 1. The van der Waals surface area contributed by atoms with Crippen LogP contribution in [0.3, 0.4) is 0 Å².